The van der Waals surface area contributed by atoms with Gasteiger partial charge in [-0.05, 0) is 30.9 Å². The Kier molecular flexibility index (Phi) is 11.3. The summed E-state index contributed by atoms with van der Waals surface area (Å²) >= 11 is 0. The number of rotatable bonds is 9. The number of amides is 2. The number of esters is 1. The highest BCUT2D eigenvalue weighted by molar-refractivity contribution is 5.87. The van der Waals surface area contributed by atoms with Crippen LogP contribution >= 0.6 is 12.4 Å². The second kappa shape index (κ2) is 12.3. The number of carbonyl (C=O) groups excluding carboxylic acids is 3. The number of ether oxygens (including phenoxy) is 1. The fraction of sp³-hybridized carbons (Fsp3) is 0.526. The summed E-state index contributed by atoms with van der Waals surface area (Å²) in [5.41, 5.74) is 7.54. The third-order valence-corrected chi connectivity index (χ3v) is 4.02. The smallest absolute Gasteiger partial charge is 0.308 e. The zero-order valence-corrected chi connectivity index (χ0v) is 17.1. The van der Waals surface area contributed by atoms with Crippen molar-refractivity contribution in [3.63, 3.8) is 0 Å². The summed E-state index contributed by atoms with van der Waals surface area (Å²) in [5.74, 6) is -1.20. The summed E-state index contributed by atoms with van der Waals surface area (Å²) in [4.78, 5) is 36.0. The number of nitrogens with one attached hydrogen (secondary N) is 2. The fourth-order valence-electron chi connectivity index (χ4n) is 2.44. The molecule has 152 valence electrons. The maximum absolute atomic E-state index is 12.3. The lowest BCUT2D eigenvalue weighted by molar-refractivity contribution is -0.144. The Hall–Kier alpha value is -2.12. The molecule has 4 N–H and O–H groups in total. The highest BCUT2D eigenvalue weighted by Crippen LogP contribution is 2.21. The lowest BCUT2D eigenvalue weighted by atomic mass is 9.98. The average Bonchev–Trinajstić information content (AvgIpc) is 2.59. The minimum atomic E-state index is -0.672. The van der Waals surface area contributed by atoms with Gasteiger partial charge in [-0.2, -0.15) is 0 Å². The minimum Gasteiger partial charge on any atom is -0.466 e. The molecule has 0 bridgehead atoms. The quantitative estimate of drug-likeness (QED) is 0.546. The summed E-state index contributed by atoms with van der Waals surface area (Å²) in [7, 11) is 0. The summed E-state index contributed by atoms with van der Waals surface area (Å²) in [6.07, 6.45) is 0.0177. The first-order chi connectivity index (χ1) is 12.3. The molecule has 1 aromatic carbocycles. The molecule has 1 rings (SSSR count). The fourth-order valence-corrected chi connectivity index (χ4v) is 2.44. The van der Waals surface area contributed by atoms with E-state index in [1.165, 1.54) is 0 Å². The zero-order chi connectivity index (χ0) is 19.7. The molecule has 0 heterocycles. The van der Waals surface area contributed by atoms with Gasteiger partial charge in [0.2, 0.25) is 11.8 Å². The van der Waals surface area contributed by atoms with Crippen LogP contribution in [0, 0.1) is 12.8 Å². The molecule has 0 aromatic heterocycles. The van der Waals surface area contributed by atoms with Gasteiger partial charge in [0, 0.05) is 0 Å². The largest absolute Gasteiger partial charge is 0.466 e. The molecule has 0 saturated heterocycles. The highest BCUT2D eigenvalue weighted by Gasteiger charge is 2.22. The number of hydrogen-bond donors (Lipinski definition) is 3. The van der Waals surface area contributed by atoms with Crippen molar-refractivity contribution < 1.29 is 19.1 Å². The van der Waals surface area contributed by atoms with Crippen LogP contribution in [-0.4, -0.2) is 37.0 Å². The number of benzene rings is 1. The average molecular weight is 400 g/mol. The topological polar surface area (TPSA) is 111 Å². The van der Waals surface area contributed by atoms with Crippen LogP contribution in [0.2, 0.25) is 0 Å². The van der Waals surface area contributed by atoms with E-state index < -0.39 is 24.0 Å². The zero-order valence-electron chi connectivity index (χ0n) is 16.3. The molecule has 1 unspecified atom stereocenters. The summed E-state index contributed by atoms with van der Waals surface area (Å²) in [6.45, 7) is 7.37. The van der Waals surface area contributed by atoms with Crippen molar-refractivity contribution in [3.8, 4) is 0 Å². The lowest BCUT2D eigenvalue weighted by Crippen LogP contribution is -2.47. The predicted molar refractivity (Wildman–Crippen MR) is 106 cm³/mol. The van der Waals surface area contributed by atoms with Gasteiger partial charge < -0.3 is 21.1 Å². The van der Waals surface area contributed by atoms with Crippen molar-refractivity contribution in [3.05, 3.63) is 35.4 Å². The summed E-state index contributed by atoms with van der Waals surface area (Å²) < 4.78 is 4.99. The van der Waals surface area contributed by atoms with Gasteiger partial charge in [-0.1, -0.05) is 38.1 Å². The van der Waals surface area contributed by atoms with Gasteiger partial charge >= 0.3 is 5.97 Å². The van der Waals surface area contributed by atoms with Crippen LogP contribution in [0.25, 0.3) is 0 Å². The van der Waals surface area contributed by atoms with Crippen LogP contribution in [0.1, 0.15) is 44.4 Å². The van der Waals surface area contributed by atoms with E-state index >= 15 is 0 Å². The molecule has 0 aliphatic carbocycles. The van der Waals surface area contributed by atoms with Gasteiger partial charge in [0.15, 0.2) is 0 Å². The normalized spacial score (nSPS) is 12.5. The van der Waals surface area contributed by atoms with Crippen molar-refractivity contribution in [2.45, 2.75) is 46.2 Å². The Balaban J connectivity index is 0.00000676. The minimum absolute atomic E-state index is 0. The maximum atomic E-state index is 12.3. The number of hydrogen-bond acceptors (Lipinski definition) is 5. The second-order valence-corrected chi connectivity index (χ2v) is 6.47. The van der Waals surface area contributed by atoms with Crippen LogP contribution < -0.4 is 16.4 Å². The van der Waals surface area contributed by atoms with Crippen LogP contribution in [0.5, 0.6) is 0 Å². The molecular formula is C19H30ClN3O4. The third-order valence-electron chi connectivity index (χ3n) is 4.02. The molecule has 0 aliphatic heterocycles. The maximum Gasteiger partial charge on any atom is 0.308 e. The molecule has 2 atom stereocenters. The number of nitrogens with two attached hydrogens (primary N) is 1. The second-order valence-electron chi connectivity index (χ2n) is 6.47. The van der Waals surface area contributed by atoms with Crippen molar-refractivity contribution >= 4 is 30.2 Å². The van der Waals surface area contributed by atoms with Crippen molar-refractivity contribution in [1.29, 1.82) is 0 Å². The SMILES string of the molecule is CCOC(=O)CC(NC(=O)CNC(=O)[C@@H](N)C(C)C)c1ccccc1C.Cl. The van der Waals surface area contributed by atoms with E-state index in [-0.39, 0.29) is 43.8 Å². The monoisotopic (exact) mass is 399 g/mol. The van der Waals surface area contributed by atoms with Crippen LogP contribution in [0.4, 0.5) is 0 Å². The summed E-state index contributed by atoms with van der Waals surface area (Å²) in [5, 5.41) is 5.31. The number of aryl methyl sites for hydroxylation is 1. The van der Waals surface area contributed by atoms with E-state index in [1.807, 2.05) is 45.0 Å². The molecule has 0 fully saturated rings. The molecule has 0 saturated carbocycles. The van der Waals surface area contributed by atoms with Crippen LogP contribution in [-0.2, 0) is 19.1 Å². The Bertz CT molecular complexity index is 637. The van der Waals surface area contributed by atoms with E-state index in [1.54, 1.807) is 6.92 Å². The van der Waals surface area contributed by atoms with Crippen molar-refractivity contribution in [2.24, 2.45) is 11.7 Å². The molecule has 0 spiro atoms. The Morgan fingerprint density at radius 3 is 2.37 bits per heavy atom. The molecular weight excluding hydrogens is 370 g/mol. The highest BCUT2D eigenvalue weighted by atomic mass is 35.5. The van der Waals surface area contributed by atoms with E-state index in [0.717, 1.165) is 11.1 Å². The lowest BCUT2D eigenvalue weighted by Gasteiger charge is -2.21. The molecule has 7 nitrogen and oxygen atoms in total. The van der Waals surface area contributed by atoms with Gasteiger partial charge in [0.25, 0.3) is 0 Å². The van der Waals surface area contributed by atoms with Gasteiger partial charge in [0.1, 0.15) is 0 Å². The third kappa shape index (κ3) is 8.41. The van der Waals surface area contributed by atoms with Crippen molar-refractivity contribution in [1.82, 2.24) is 10.6 Å². The standard InChI is InChI=1S/C19H29N3O4.ClH/c1-5-26-17(24)10-15(14-9-7-6-8-13(14)4)22-16(23)11-21-19(25)18(20)12(2)3;/h6-9,12,15,18H,5,10-11,20H2,1-4H3,(H,21,25)(H,22,23);1H/t15?,18-;/m0./s1. The first-order valence-electron chi connectivity index (χ1n) is 8.80. The van der Waals surface area contributed by atoms with Crippen molar-refractivity contribution in [2.75, 3.05) is 13.2 Å². The van der Waals surface area contributed by atoms with Crippen LogP contribution in [0.3, 0.4) is 0 Å². The summed E-state index contributed by atoms with van der Waals surface area (Å²) in [6, 6.07) is 6.29. The molecule has 27 heavy (non-hydrogen) atoms. The van der Waals surface area contributed by atoms with Gasteiger partial charge in [-0.25, -0.2) is 0 Å². The molecule has 0 radical (unpaired) electrons. The van der Waals surface area contributed by atoms with E-state index in [0.29, 0.717) is 0 Å². The van der Waals surface area contributed by atoms with Gasteiger partial charge in [-0.3, -0.25) is 14.4 Å². The molecule has 2 amide bonds. The van der Waals surface area contributed by atoms with E-state index in [4.69, 9.17) is 10.5 Å². The molecule has 8 heteroatoms. The Morgan fingerprint density at radius 2 is 1.81 bits per heavy atom. The Labute approximate surface area is 166 Å². The molecule has 0 aliphatic rings. The Morgan fingerprint density at radius 1 is 1.19 bits per heavy atom. The number of carbonyl (C=O) groups is 3. The van der Waals surface area contributed by atoms with Gasteiger partial charge in [-0.15, -0.1) is 12.4 Å². The first kappa shape index (κ1) is 24.9. The molecule has 1 aromatic rings. The predicted octanol–water partition coefficient (Wildman–Crippen LogP) is 1.63. The van der Waals surface area contributed by atoms with E-state index in [2.05, 4.69) is 10.6 Å². The van der Waals surface area contributed by atoms with E-state index in [9.17, 15) is 14.4 Å². The van der Waals surface area contributed by atoms with Crippen LogP contribution in [0.15, 0.2) is 24.3 Å². The first-order valence-corrected chi connectivity index (χ1v) is 8.80. The number of halogens is 1. The van der Waals surface area contributed by atoms with Gasteiger partial charge in [0.05, 0.1) is 31.7 Å².